The van der Waals surface area contributed by atoms with E-state index in [9.17, 15) is 14.4 Å². The second kappa shape index (κ2) is 11.1. The monoisotopic (exact) mass is 539 g/mol. The van der Waals surface area contributed by atoms with Crippen molar-refractivity contribution in [2.24, 2.45) is 0 Å². The maximum absolute atomic E-state index is 13.9. The van der Waals surface area contributed by atoms with E-state index in [4.69, 9.17) is 4.74 Å². The molecule has 0 aliphatic carbocycles. The van der Waals surface area contributed by atoms with E-state index in [0.29, 0.717) is 49.0 Å². The van der Waals surface area contributed by atoms with Crippen LogP contribution in [0.1, 0.15) is 51.4 Å². The Morgan fingerprint density at radius 1 is 1.15 bits per heavy atom. The highest BCUT2D eigenvalue weighted by Gasteiger charge is 2.45. The topological polar surface area (TPSA) is 75.0 Å². The van der Waals surface area contributed by atoms with Crippen molar-refractivity contribution in [1.29, 1.82) is 0 Å². The van der Waals surface area contributed by atoms with Crippen LogP contribution >= 0.6 is 0 Å². The summed E-state index contributed by atoms with van der Waals surface area (Å²) in [7, 11) is 0. The van der Waals surface area contributed by atoms with Crippen molar-refractivity contribution in [3.8, 4) is 0 Å². The Morgan fingerprint density at radius 3 is 2.54 bits per heavy atom. The maximum Gasteiger partial charge on any atom is 0.241 e. The van der Waals surface area contributed by atoms with E-state index in [0.717, 1.165) is 48.7 Å². The van der Waals surface area contributed by atoms with E-state index in [1.165, 1.54) is 12.1 Å². The minimum absolute atomic E-state index is 0.0166. The highest BCUT2D eigenvalue weighted by Crippen LogP contribution is 2.39. The SMILES string of the molecule is C[C@@H]1CN(CC(=O)N2CC(C)(C)c3c2cc(Cc2ccc(F)cc2)c[n+]3[O-])[C@@H](CN2[C@H](C)COC[C@H]2C)CN1. The predicted molar refractivity (Wildman–Crippen MR) is 149 cm³/mol. The minimum Gasteiger partial charge on any atom is -0.618 e. The minimum atomic E-state index is -0.462. The Balaban J connectivity index is 1.36. The summed E-state index contributed by atoms with van der Waals surface area (Å²) in [6.45, 7) is 15.3. The molecule has 4 heterocycles. The number of halogens is 1. The third-order valence-corrected chi connectivity index (χ3v) is 8.51. The largest absolute Gasteiger partial charge is 0.618 e. The molecule has 0 saturated carbocycles. The fourth-order valence-electron chi connectivity index (χ4n) is 6.48. The number of ether oxygens (including phenoxy) is 1. The van der Waals surface area contributed by atoms with Gasteiger partial charge in [-0.2, -0.15) is 4.73 Å². The molecule has 2 saturated heterocycles. The fourth-order valence-corrected chi connectivity index (χ4v) is 6.48. The van der Waals surface area contributed by atoms with Crippen LogP contribution in [0, 0.1) is 11.0 Å². The lowest BCUT2D eigenvalue weighted by atomic mass is 9.91. The molecule has 1 N–H and O–H groups in total. The zero-order valence-electron chi connectivity index (χ0n) is 23.8. The number of aromatic nitrogens is 1. The lowest BCUT2D eigenvalue weighted by Gasteiger charge is -2.45. The lowest BCUT2D eigenvalue weighted by molar-refractivity contribution is -0.616. The fraction of sp³-hybridized carbons (Fsp3) is 0.600. The summed E-state index contributed by atoms with van der Waals surface area (Å²) in [5.74, 6) is -0.272. The van der Waals surface area contributed by atoms with Crippen LogP contribution < -0.4 is 14.9 Å². The van der Waals surface area contributed by atoms with Crippen LogP contribution in [0.15, 0.2) is 36.5 Å². The highest BCUT2D eigenvalue weighted by atomic mass is 19.1. The van der Waals surface area contributed by atoms with Crippen LogP contribution in [-0.2, 0) is 21.4 Å². The van der Waals surface area contributed by atoms with Crippen LogP contribution in [0.25, 0.3) is 0 Å². The van der Waals surface area contributed by atoms with Gasteiger partial charge in [-0.25, -0.2) is 4.39 Å². The first-order valence-electron chi connectivity index (χ1n) is 14.1. The summed E-state index contributed by atoms with van der Waals surface area (Å²) in [6, 6.07) is 9.45. The number of rotatable bonds is 6. The molecule has 9 heteroatoms. The van der Waals surface area contributed by atoms with Gasteiger partial charge in [0.15, 0.2) is 6.20 Å². The van der Waals surface area contributed by atoms with Gasteiger partial charge in [-0.3, -0.25) is 14.6 Å². The molecule has 39 heavy (non-hydrogen) atoms. The molecular weight excluding hydrogens is 497 g/mol. The molecule has 0 unspecified atom stereocenters. The maximum atomic E-state index is 13.9. The van der Waals surface area contributed by atoms with Gasteiger partial charge < -0.3 is 20.2 Å². The zero-order chi connectivity index (χ0) is 27.9. The summed E-state index contributed by atoms with van der Waals surface area (Å²) in [5, 5.41) is 16.8. The van der Waals surface area contributed by atoms with Gasteiger partial charge in [0.25, 0.3) is 0 Å². The number of nitrogens with zero attached hydrogens (tertiary/aromatic N) is 4. The molecule has 3 aliphatic heterocycles. The quantitative estimate of drug-likeness (QED) is 0.449. The van der Waals surface area contributed by atoms with Gasteiger partial charge in [0, 0.05) is 62.3 Å². The Labute approximate surface area is 231 Å². The molecule has 4 atom stereocenters. The number of carbonyl (C=O) groups is 1. The Kier molecular flexibility index (Phi) is 7.97. The van der Waals surface area contributed by atoms with E-state index in [-0.39, 0.29) is 17.8 Å². The molecule has 0 spiro atoms. The van der Waals surface area contributed by atoms with E-state index in [1.54, 1.807) is 18.3 Å². The first-order valence-corrected chi connectivity index (χ1v) is 14.1. The second-order valence-corrected chi connectivity index (χ2v) is 12.4. The second-order valence-electron chi connectivity index (χ2n) is 12.4. The molecule has 1 aromatic carbocycles. The van der Waals surface area contributed by atoms with Crippen LogP contribution in [0.3, 0.4) is 0 Å². The van der Waals surface area contributed by atoms with Gasteiger partial charge in [-0.1, -0.05) is 12.1 Å². The van der Waals surface area contributed by atoms with E-state index >= 15 is 0 Å². The van der Waals surface area contributed by atoms with Crippen molar-refractivity contribution >= 4 is 11.6 Å². The van der Waals surface area contributed by atoms with Gasteiger partial charge in [-0.15, -0.1) is 0 Å². The number of morpholine rings is 1. The molecule has 5 rings (SSSR count). The Bertz CT molecular complexity index is 1180. The first-order chi connectivity index (χ1) is 18.5. The zero-order valence-corrected chi connectivity index (χ0v) is 23.8. The Morgan fingerprint density at radius 2 is 1.85 bits per heavy atom. The van der Waals surface area contributed by atoms with Crippen LogP contribution in [-0.4, -0.2) is 85.8 Å². The first kappa shape index (κ1) is 28.0. The van der Waals surface area contributed by atoms with Crippen molar-refractivity contribution in [2.45, 2.75) is 70.6 Å². The standard InChI is InChI=1S/C30H42FN5O3/c1-20-13-33(26(12-32-20)15-34-21(2)17-39-18-22(34)3)16-28(37)35-19-30(4,5)29-27(35)11-24(14-36(29)38)10-23-6-8-25(31)9-7-23/h6-9,11,14,20-22,26,32H,10,12-13,15-19H2,1-5H3/t20-,21-,22-,26-/m1/s1. The molecule has 2 fully saturated rings. The smallest absolute Gasteiger partial charge is 0.241 e. The molecule has 0 bridgehead atoms. The number of anilines is 1. The average Bonchev–Trinajstić information content (AvgIpc) is 3.15. The van der Waals surface area contributed by atoms with Crippen LogP contribution in [0.2, 0.25) is 0 Å². The number of carbonyl (C=O) groups excluding carboxylic acids is 1. The van der Waals surface area contributed by atoms with Crippen LogP contribution in [0.5, 0.6) is 0 Å². The summed E-state index contributed by atoms with van der Waals surface area (Å²) in [4.78, 5) is 20.6. The third-order valence-electron chi connectivity index (χ3n) is 8.51. The lowest BCUT2D eigenvalue weighted by Crippen LogP contribution is -2.63. The van der Waals surface area contributed by atoms with Crippen molar-refractivity contribution in [2.75, 3.05) is 50.8 Å². The molecule has 2 aromatic rings. The molecular formula is C30H42FN5O3. The average molecular weight is 540 g/mol. The molecule has 1 aromatic heterocycles. The van der Waals surface area contributed by atoms with Crippen molar-refractivity contribution in [3.63, 3.8) is 0 Å². The number of hydrogen-bond acceptors (Lipinski definition) is 6. The van der Waals surface area contributed by atoms with E-state index < -0.39 is 5.41 Å². The molecule has 0 radical (unpaired) electrons. The number of benzene rings is 1. The molecule has 212 valence electrons. The normalized spacial score (nSPS) is 27.5. The number of pyridine rings is 1. The van der Waals surface area contributed by atoms with Crippen molar-refractivity contribution < 1.29 is 18.7 Å². The van der Waals surface area contributed by atoms with E-state index in [2.05, 4.69) is 35.9 Å². The van der Waals surface area contributed by atoms with Gasteiger partial charge >= 0.3 is 0 Å². The third kappa shape index (κ3) is 5.96. The Hall–Kier alpha value is -2.59. The molecule has 3 aliphatic rings. The predicted octanol–water partition coefficient (Wildman–Crippen LogP) is 2.45. The van der Waals surface area contributed by atoms with Gasteiger partial charge in [0.2, 0.25) is 11.6 Å². The summed E-state index contributed by atoms with van der Waals surface area (Å²) in [5.41, 5.74) is 2.57. The number of piperazine rings is 1. The van der Waals surface area contributed by atoms with Crippen molar-refractivity contribution in [3.05, 3.63) is 64.4 Å². The van der Waals surface area contributed by atoms with Crippen molar-refractivity contribution in [1.82, 2.24) is 15.1 Å². The molecule has 1 amide bonds. The number of fused-ring (bicyclic) bond motifs is 1. The summed E-state index contributed by atoms with van der Waals surface area (Å²) in [6.07, 6.45) is 2.09. The highest BCUT2D eigenvalue weighted by molar-refractivity contribution is 5.97. The van der Waals surface area contributed by atoms with Gasteiger partial charge in [-0.05, 0) is 58.4 Å². The summed E-state index contributed by atoms with van der Waals surface area (Å²) >= 11 is 0. The van der Waals surface area contributed by atoms with E-state index in [1.807, 2.05) is 24.8 Å². The van der Waals surface area contributed by atoms with Gasteiger partial charge in [0.1, 0.15) is 11.5 Å². The summed E-state index contributed by atoms with van der Waals surface area (Å²) < 4.78 is 20.1. The molecule has 8 nitrogen and oxygen atoms in total. The number of nitrogens with one attached hydrogen (secondary N) is 1. The number of hydrogen-bond donors (Lipinski definition) is 1. The van der Waals surface area contributed by atoms with Gasteiger partial charge in [0.05, 0.1) is 25.2 Å². The van der Waals surface area contributed by atoms with Crippen LogP contribution in [0.4, 0.5) is 10.1 Å². The number of amides is 1.